The van der Waals surface area contributed by atoms with Crippen molar-refractivity contribution in [3.05, 3.63) is 57.6 Å². The number of aromatic hydroxyl groups is 1. The number of anilines is 2. The van der Waals surface area contributed by atoms with Crippen LogP contribution in [-0.2, 0) is 20.4 Å². The molecule has 2 aromatic carbocycles. The van der Waals surface area contributed by atoms with Crippen LogP contribution in [0.3, 0.4) is 0 Å². The minimum Gasteiger partial charge on any atom is -0.507 e. The Kier molecular flexibility index (Phi) is 5.92. The molecule has 2 aromatic rings. The molecule has 1 fully saturated rings. The molecule has 3 aliphatic heterocycles. The Bertz CT molecular complexity index is 1330. The van der Waals surface area contributed by atoms with Gasteiger partial charge in [-0.2, -0.15) is 0 Å². The third-order valence-corrected chi connectivity index (χ3v) is 8.69. The van der Waals surface area contributed by atoms with Crippen molar-refractivity contribution in [1.82, 2.24) is 5.32 Å². The Labute approximate surface area is 221 Å². The quantitative estimate of drug-likeness (QED) is 0.318. The minimum atomic E-state index is -0.583. The van der Waals surface area contributed by atoms with Gasteiger partial charge in [0.05, 0.1) is 5.69 Å². The van der Waals surface area contributed by atoms with Crippen LogP contribution >= 0.6 is 23.8 Å². The van der Waals surface area contributed by atoms with E-state index in [0.717, 1.165) is 49.2 Å². The molecular weight excluding hydrogens is 494 g/mol. The molecular formula is C28H30ClN3O3S. The monoisotopic (exact) mass is 523 g/mol. The summed E-state index contributed by atoms with van der Waals surface area (Å²) < 4.78 is 0. The van der Waals surface area contributed by atoms with Crippen molar-refractivity contribution in [2.75, 3.05) is 22.9 Å². The highest BCUT2D eigenvalue weighted by molar-refractivity contribution is 7.80. The third kappa shape index (κ3) is 3.80. The van der Waals surface area contributed by atoms with Crippen molar-refractivity contribution in [1.29, 1.82) is 0 Å². The fraction of sp³-hybridized carbons (Fsp3) is 0.393. The second kappa shape index (κ2) is 8.60. The number of hydrogen-bond donors (Lipinski definition) is 2. The lowest BCUT2D eigenvalue weighted by Crippen LogP contribution is -2.54. The Balaban J connectivity index is 1.69. The van der Waals surface area contributed by atoms with Gasteiger partial charge in [-0.1, -0.05) is 39.3 Å². The van der Waals surface area contributed by atoms with Crippen LogP contribution in [0.2, 0.25) is 5.02 Å². The summed E-state index contributed by atoms with van der Waals surface area (Å²) in [5.41, 5.74) is 3.75. The number of amides is 2. The first-order chi connectivity index (χ1) is 17.0. The number of hydrogen-bond acceptors (Lipinski definition) is 5. The minimum absolute atomic E-state index is 0.00422. The van der Waals surface area contributed by atoms with E-state index in [1.54, 1.807) is 24.3 Å². The smallest absolute Gasteiger partial charge is 0.270 e. The topological polar surface area (TPSA) is 72.9 Å². The highest BCUT2D eigenvalue weighted by Crippen LogP contribution is 2.54. The molecule has 8 heteroatoms. The largest absolute Gasteiger partial charge is 0.507 e. The van der Waals surface area contributed by atoms with Crippen molar-refractivity contribution in [2.45, 2.75) is 57.8 Å². The van der Waals surface area contributed by atoms with Gasteiger partial charge in [-0.05, 0) is 84.3 Å². The molecule has 36 heavy (non-hydrogen) atoms. The lowest BCUT2D eigenvalue weighted by atomic mass is 9.67. The predicted octanol–water partition coefficient (Wildman–Crippen LogP) is 5.44. The van der Waals surface area contributed by atoms with Gasteiger partial charge in [0.2, 0.25) is 0 Å². The van der Waals surface area contributed by atoms with E-state index in [9.17, 15) is 14.7 Å². The van der Waals surface area contributed by atoms with Crippen molar-refractivity contribution in [3.63, 3.8) is 0 Å². The van der Waals surface area contributed by atoms with Crippen LogP contribution in [0.4, 0.5) is 11.4 Å². The molecule has 1 saturated heterocycles. The Morgan fingerprint density at radius 2 is 1.81 bits per heavy atom. The summed E-state index contributed by atoms with van der Waals surface area (Å²) >= 11 is 11.3. The maximum atomic E-state index is 13.6. The molecule has 0 aliphatic carbocycles. The van der Waals surface area contributed by atoms with E-state index >= 15 is 0 Å². The highest BCUT2D eigenvalue weighted by Gasteiger charge is 2.44. The summed E-state index contributed by atoms with van der Waals surface area (Å²) in [5.74, 6) is -0.990. The van der Waals surface area contributed by atoms with Gasteiger partial charge in [-0.3, -0.25) is 19.8 Å². The zero-order valence-electron chi connectivity index (χ0n) is 20.9. The van der Waals surface area contributed by atoms with Crippen LogP contribution in [0.1, 0.15) is 63.6 Å². The highest BCUT2D eigenvalue weighted by atomic mass is 35.5. The van der Waals surface area contributed by atoms with Gasteiger partial charge in [0.25, 0.3) is 11.8 Å². The number of thiocarbonyl (C=S) groups is 1. The fourth-order valence-electron chi connectivity index (χ4n) is 5.59. The normalized spacial score (nSPS) is 24.1. The summed E-state index contributed by atoms with van der Waals surface area (Å²) in [4.78, 5) is 30.2. The maximum absolute atomic E-state index is 13.6. The third-order valence-electron chi connectivity index (χ3n) is 8.16. The van der Waals surface area contributed by atoms with Crippen LogP contribution in [0, 0.1) is 0 Å². The van der Waals surface area contributed by atoms with Gasteiger partial charge < -0.3 is 10.0 Å². The van der Waals surface area contributed by atoms with Crippen molar-refractivity contribution in [2.24, 2.45) is 0 Å². The molecule has 188 valence electrons. The van der Waals surface area contributed by atoms with E-state index < -0.39 is 11.8 Å². The van der Waals surface area contributed by atoms with Crippen LogP contribution < -0.4 is 15.1 Å². The molecule has 2 amide bonds. The number of nitrogens with one attached hydrogen (secondary N) is 1. The summed E-state index contributed by atoms with van der Waals surface area (Å²) in [6, 6.07) is 8.62. The lowest BCUT2D eigenvalue weighted by molar-refractivity contribution is -0.122. The van der Waals surface area contributed by atoms with E-state index in [-0.39, 0.29) is 27.3 Å². The SMILES string of the molecule is CCC1(C)CCN2CCC(C)(C)c3cc(C=C4C(=O)NC(=S)N(c5ccc(Cl)cc5)C4=O)c(O)c1c32. The van der Waals surface area contributed by atoms with Crippen molar-refractivity contribution >= 4 is 58.2 Å². The number of rotatable bonds is 3. The molecule has 3 heterocycles. The van der Waals surface area contributed by atoms with E-state index in [2.05, 4.69) is 37.9 Å². The molecule has 1 unspecified atom stereocenters. The van der Waals surface area contributed by atoms with Gasteiger partial charge >= 0.3 is 0 Å². The Morgan fingerprint density at radius 3 is 2.47 bits per heavy atom. The molecule has 2 N–H and O–H groups in total. The molecule has 0 saturated carbocycles. The number of carbonyl (C=O) groups excluding carboxylic acids is 2. The summed E-state index contributed by atoms with van der Waals surface area (Å²) in [6.45, 7) is 10.7. The first kappa shape index (κ1) is 24.8. The average Bonchev–Trinajstić information content (AvgIpc) is 2.82. The van der Waals surface area contributed by atoms with Crippen LogP contribution in [0.25, 0.3) is 6.08 Å². The summed E-state index contributed by atoms with van der Waals surface area (Å²) in [7, 11) is 0. The van der Waals surface area contributed by atoms with Gasteiger partial charge in [0.1, 0.15) is 11.3 Å². The van der Waals surface area contributed by atoms with Crippen LogP contribution in [0.15, 0.2) is 35.9 Å². The molecule has 0 bridgehead atoms. The average molecular weight is 524 g/mol. The lowest BCUT2D eigenvalue weighted by Gasteiger charge is -2.49. The predicted molar refractivity (Wildman–Crippen MR) is 148 cm³/mol. The molecule has 0 aromatic heterocycles. The van der Waals surface area contributed by atoms with E-state index in [4.69, 9.17) is 23.8 Å². The van der Waals surface area contributed by atoms with E-state index in [1.807, 2.05) is 6.07 Å². The van der Waals surface area contributed by atoms with Crippen LogP contribution in [-0.4, -0.2) is 35.1 Å². The first-order valence-corrected chi connectivity index (χ1v) is 13.1. The van der Waals surface area contributed by atoms with Crippen molar-refractivity contribution in [3.8, 4) is 5.75 Å². The number of halogens is 1. The second-order valence-corrected chi connectivity index (χ2v) is 11.6. The molecule has 0 radical (unpaired) electrons. The number of nitrogens with zero attached hydrogens (tertiary/aromatic N) is 2. The molecule has 5 rings (SSSR count). The van der Waals surface area contributed by atoms with Gasteiger partial charge in [0, 0.05) is 34.9 Å². The molecule has 0 spiro atoms. The van der Waals surface area contributed by atoms with Gasteiger partial charge in [-0.25, -0.2) is 0 Å². The molecule has 3 aliphatic rings. The zero-order valence-corrected chi connectivity index (χ0v) is 22.5. The number of phenolic OH excluding ortho intramolecular Hbond substituents is 1. The van der Waals surface area contributed by atoms with Gasteiger partial charge in [0.15, 0.2) is 5.11 Å². The number of carbonyl (C=O) groups is 2. The zero-order chi connectivity index (χ0) is 26.0. The first-order valence-electron chi connectivity index (χ1n) is 12.3. The molecule has 6 nitrogen and oxygen atoms in total. The van der Waals surface area contributed by atoms with Crippen molar-refractivity contribution < 1.29 is 14.7 Å². The Hall–Kier alpha value is -2.90. The van der Waals surface area contributed by atoms with Crippen LogP contribution in [0.5, 0.6) is 5.75 Å². The maximum Gasteiger partial charge on any atom is 0.270 e. The summed E-state index contributed by atoms with van der Waals surface area (Å²) in [6.07, 6.45) is 4.30. The standard InChI is InChI=1S/C28H30ClN3O3S/c1-5-28(4)11-13-31-12-10-27(2,3)20-15-16(23(33)21(28)22(20)31)14-19-24(34)30-26(36)32(25(19)35)18-8-6-17(29)7-9-18/h6-9,14-15,33H,5,10-13H2,1-4H3,(H,30,34,36). The van der Waals surface area contributed by atoms with E-state index in [0.29, 0.717) is 16.3 Å². The number of phenols is 1. The number of benzene rings is 2. The summed E-state index contributed by atoms with van der Waals surface area (Å²) in [5, 5.41) is 14.8. The fourth-order valence-corrected chi connectivity index (χ4v) is 6.00. The van der Waals surface area contributed by atoms with Gasteiger partial charge in [-0.15, -0.1) is 0 Å². The van der Waals surface area contributed by atoms with E-state index in [1.165, 1.54) is 11.0 Å². The Morgan fingerprint density at radius 1 is 1.14 bits per heavy atom. The molecule has 1 atom stereocenters. The second-order valence-electron chi connectivity index (χ2n) is 10.8.